The van der Waals surface area contributed by atoms with Crippen LogP contribution in [0.2, 0.25) is 0 Å². The summed E-state index contributed by atoms with van der Waals surface area (Å²) in [5.41, 5.74) is 1.40. The van der Waals surface area contributed by atoms with Gasteiger partial charge in [0, 0.05) is 36.1 Å². The van der Waals surface area contributed by atoms with Gasteiger partial charge in [0.15, 0.2) is 11.6 Å². The number of carbonyl (C=O) groups excluding carboxylic acids is 2. The third-order valence-electron chi connectivity index (χ3n) is 6.18. The molecule has 2 aliphatic rings. The van der Waals surface area contributed by atoms with E-state index in [2.05, 4.69) is 4.90 Å². The SMILES string of the molecule is CCC(=O)c1cc(C(=O)C2CCCN(C3CCC3)C2)cc2ccccc12. The Morgan fingerprint density at radius 3 is 2.62 bits per heavy atom. The first-order valence-corrected chi connectivity index (χ1v) is 10.0. The monoisotopic (exact) mass is 349 g/mol. The molecule has 0 aromatic heterocycles. The average Bonchev–Trinajstić information content (AvgIpc) is 2.64. The number of piperidine rings is 1. The largest absolute Gasteiger partial charge is 0.300 e. The van der Waals surface area contributed by atoms with Crippen LogP contribution in [-0.2, 0) is 0 Å². The summed E-state index contributed by atoms with van der Waals surface area (Å²) in [6.07, 6.45) is 6.42. The molecule has 26 heavy (non-hydrogen) atoms. The number of fused-ring (bicyclic) bond motifs is 1. The highest BCUT2D eigenvalue weighted by Crippen LogP contribution is 2.31. The van der Waals surface area contributed by atoms with E-state index in [0.717, 1.165) is 36.7 Å². The first-order valence-electron chi connectivity index (χ1n) is 10.0. The van der Waals surface area contributed by atoms with Crippen molar-refractivity contribution in [1.29, 1.82) is 0 Å². The highest BCUT2D eigenvalue weighted by molar-refractivity contribution is 6.11. The summed E-state index contributed by atoms with van der Waals surface area (Å²) >= 11 is 0. The summed E-state index contributed by atoms with van der Waals surface area (Å²) in [6, 6.07) is 12.4. The Hall–Kier alpha value is -2.00. The minimum atomic E-state index is 0.0649. The van der Waals surface area contributed by atoms with Crippen molar-refractivity contribution in [2.75, 3.05) is 13.1 Å². The maximum atomic E-state index is 13.2. The Balaban J connectivity index is 1.64. The Kier molecular flexibility index (Phi) is 4.90. The molecule has 1 aliphatic heterocycles. The number of carbonyl (C=O) groups is 2. The van der Waals surface area contributed by atoms with Crippen LogP contribution in [0.5, 0.6) is 0 Å². The lowest BCUT2D eigenvalue weighted by atomic mass is 9.84. The fraction of sp³-hybridized carbons (Fsp3) is 0.478. The lowest BCUT2D eigenvalue weighted by molar-refractivity contribution is 0.0612. The number of benzene rings is 2. The van der Waals surface area contributed by atoms with Crippen molar-refractivity contribution in [3.05, 3.63) is 47.5 Å². The van der Waals surface area contributed by atoms with Crippen molar-refractivity contribution in [2.45, 2.75) is 51.5 Å². The van der Waals surface area contributed by atoms with Crippen LogP contribution in [-0.4, -0.2) is 35.6 Å². The van der Waals surface area contributed by atoms with Gasteiger partial charge in [-0.05, 0) is 55.1 Å². The van der Waals surface area contributed by atoms with Crippen LogP contribution >= 0.6 is 0 Å². The van der Waals surface area contributed by atoms with E-state index < -0.39 is 0 Å². The van der Waals surface area contributed by atoms with E-state index in [1.807, 2.05) is 43.3 Å². The Bertz CT molecular complexity index is 837. The lowest BCUT2D eigenvalue weighted by Crippen LogP contribution is -2.47. The van der Waals surface area contributed by atoms with Gasteiger partial charge in [-0.3, -0.25) is 14.5 Å². The van der Waals surface area contributed by atoms with Gasteiger partial charge in [0.25, 0.3) is 0 Å². The predicted octanol–water partition coefficient (Wildman–Crippen LogP) is 4.88. The van der Waals surface area contributed by atoms with Crippen LogP contribution in [0.1, 0.15) is 66.2 Å². The van der Waals surface area contributed by atoms with Gasteiger partial charge < -0.3 is 0 Å². The van der Waals surface area contributed by atoms with E-state index in [0.29, 0.717) is 23.6 Å². The quantitative estimate of drug-likeness (QED) is 0.722. The molecule has 0 amide bonds. The van der Waals surface area contributed by atoms with Crippen LogP contribution in [0.3, 0.4) is 0 Å². The fourth-order valence-electron chi connectivity index (χ4n) is 4.41. The van der Waals surface area contributed by atoms with E-state index in [1.165, 1.54) is 19.3 Å². The molecule has 0 N–H and O–H groups in total. The molecule has 2 fully saturated rings. The number of rotatable bonds is 5. The molecule has 1 saturated heterocycles. The highest BCUT2D eigenvalue weighted by atomic mass is 16.1. The number of nitrogens with zero attached hydrogens (tertiary/aromatic N) is 1. The zero-order valence-corrected chi connectivity index (χ0v) is 15.5. The summed E-state index contributed by atoms with van der Waals surface area (Å²) in [5, 5.41) is 1.94. The molecule has 3 nitrogen and oxygen atoms in total. The van der Waals surface area contributed by atoms with E-state index in [4.69, 9.17) is 0 Å². The number of ketones is 2. The van der Waals surface area contributed by atoms with Gasteiger partial charge in [0.2, 0.25) is 0 Å². The van der Waals surface area contributed by atoms with Gasteiger partial charge in [-0.25, -0.2) is 0 Å². The maximum absolute atomic E-state index is 13.2. The van der Waals surface area contributed by atoms with Gasteiger partial charge in [-0.15, -0.1) is 0 Å². The van der Waals surface area contributed by atoms with Crippen LogP contribution in [0, 0.1) is 5.92 Å². The lowest BCUT2D eigenvalue weighted by Gasteiger charge is -2.42. The second-order valence-electron chi connectivity index (χ2n) is 7.80. The van der Waals surface area contributed by atoms with Crippen LogP contribution in [0.4, 0.5) is 0 Å². The fourth-order valence-corrected chi connectivity index (χ4v) is 4.41. The molecule has 136 valence electrons. The third-order valence-corrected chi connectivity index (χ3v) is 6.18. The van der Waals surface area contributed by atoms with Crippen molar-refractivity contribution >= 4 is 22.3 Å². The molecule has 3 heteroatoms. The van der Waals surface area contributed by atoms with Crippen LogP contribution in [0.15, 0.2) is 36.4 Å². The summed E-state index contributed by atoms with van der Waals surface area (Å²) < 4.78 is 0. The molecule has 2 aromatic rings. The van der Waals surface area contributed by atoms with Crippen molar-refractivity contribution in [2.24, 2.45) is 5.92 Å². The van der Waals surface area contributed by atoms with Gasteiger partial charge in [-0.2, -0.15) is 0 Å². The molecule has 1 saturated carbocycles. The standard InChI is InChI=1S/C23H27NO2/c1-2-22(25)21-14-18(13-16-7-3-4-11-20(16)21)23(26)17-8-6-12-24(15-17)19-9-5-10-19/h3-4,7,11,13-14,17,19H,2,5-6,8-10,12,15H2,1H3. The molecular weight excluding hydrogens is 322 g/mol. The Morgan fingerprint density at radius 2 is 1.88 bits per heavy atom. The topological polar surface area (TPSA) is 37.4 Å². The molecule has 2 aromatic carbocycles. The molecule has 1 aliphatic carbocycles. The van der Waals surface area contributed by atoms with Gasteiger partial charge in [0.05, 0.1) is 0 Å². The highest BCUT2D eigenvalue weighted by Gasteiger charge is 2.32. The molecule has 4 rings (SSSR count). The normalized spacial score (nSPS) is 21.5. The predicted molar refractivity (Wildman–Crippen MR) is 105 cm³/mol. The molecular formula is C23H27NO2. The maximum Gasteiger partial charge on any atom is 0.167 e. The number of hydrogen-bond acceptors (Lipinski definition) is 3. The second kappa shape index (κ2) is 7.32. The minimum absolute atomic E-state index is 0.0649. The van der Waals surface area contributed by atoms with E-state index in [9.17, 15) is 9.59 Å². The van der Waals surface area contributed by atoms with E-state index >= 15 is 0 Å². The zero-order valence-electron chi connectivity index (χ0n) is 15.5. The van der Waals surface area contributed by atoms with Crippen LogP contribution < -0.4 is 0 Å². The summed E-state index contributed by atoms with van der Waals surface area (Å²) in [5.74, 6) is 0.385. The smallest absolute Gasteiger partial charge is 0.167 e. The summed E-state index contributed by atoms with van der Waals surface area (Å²) in [4.78, 5) is 28.2. The average molecular weight is 349 g/mol. The van der Waals surface area contributed by atoms with Crippen molar-refractivity contribution in [1.82, 2.24) is 4.90 Å². The van der Waals surface area contributed by atoms with Gasteiger partial charge in [-0.1, -0.05) is 37.6 Å². The molecule has 0 bridgehead atoms. The van der Waals surface area contributed by atoms with Crippen LogP contribution in [0.25, 0.3) is 10.8 Å². The summed E-state index contributed by atoms with van der Waals surface area (Å²) in [6.45, 7) is 3.89. The minimum Gasteiger partial charge on any atom is -0.300 e. The first kappa shape index (κ1) is 17.4. The first-order chi connectivity index (χ1) is 12.7. The summed E-state index contributed by atoms with van der Waals surface area (Å²) in [7, 11) is 0. The van der Waals surface area contributed by atoms with Crippen molar-refractivity contribution < 1.29 is 9.59 Å². The molecule has 0 radical (unpaired) electrons. The Labute approximate surface area is 155 Å². The van der Waals surface area contributed by atoms with Gasteiger partial charge in [0.1, 0.15) is 0 Å². The zero-order chi connectivity index (χ0) is 18.1. The molecule has 0 spiro atoms. The van der Waals surface area contributed by atoms with Crippen molar-refractivity contribution in [3.8, 4) is 0 Å². The van der Waals surface area contributed by atoms with Crippen molar-refractivity contribution in [3.63, 3.8) is 0 Å². The number of likely N-dealkylation sites (tertiary alicyclic amines) is 1. The van der Waals surface area contributed by atoms with E-state index in [1.54, 1.807) is 0 Å². The number of Topliss-reactive ketones (excluding diaryl/α,β-unsaturated/α-hetero) is 2. The second-order valence-corrected chi connectivity index (χ2v) is 7.80. The molecule has 1 unspecified atom stereocenters. The number of hydrogen-bond donors (Lipinski definition) is 0. The van der Waals surface area contributed by atoms with Gasteiger partial charge >= 0.3 is 0 Å². The Morgan fingerprint density at radius 1 is 1.08 bits per heavy atom. The third kappa shape index (κ3) is 3.21. The molecule has 1 heterocycles. The van der Waals surface area contributed by atoms with E-state index in [-0.39, 0.29) is 17.5 Å². The molecule has 1 atom stereocenters.